The lowest BCUT2D eigenvalue weighted by atomic mass is 10.0. The van der Waals surface area contributed by atoms with Crippen molar-refractivity contribution in [2.45, 2.75) is 76.7 Å². The Bertz CT molecular complexity index is 5140. The third kappa shape index (κ3) is 14.4. The second kappa shape index (κ2) is 29.9. The minimum Gasteiger partial charge on any atom is -0.355 e. The molecule has 0 aliphatic carbocycles. The number of aromatic nitrogens is 6. The summed E-state index contributed by atoms with van der Waals surface area (Å²) in [6, 6.07) is 99.6. The highest BCUT2D eigenvalue weighted by atomic mass is 15.0. The van der Waals surface area contributed by atoms with E-state index in [4.69, 9.17) is 15.0 Å². The Morgan fingerprint density at radius 1 is 0.240 bits per heavy atom. The van der Waals surface area contributed by atoms with Gasteiger partial charge in [0.1, 0.15) is 33.1 Å². The van der Waals surface area contributed by atoms with Crippen molar-refractivity contribution in [1.82, 2.24) is 15.0 Å². The lowest BCUT2D eigenvalue weighted by Crippen LogP contribution is -2.33. The Labute approximate surface area is 564 Å². The summed E-state index contributed by atoms with van der Waals surface area (Å²) in [5.74, 6) is 0. The topological polar surface area (TPSA) is 86.4 Å². The summed E-state index contributed by atoms with van der Waals surface area (Å²) in [5.41, 5.74) is 29.6. The van der Waals surface area contributed by atoms with Crippen LogP contribution >= 0.6 is 0 Å². The second-order valence-electron chi connectivity index (χ2n) is 23.5. The highest BCUT2D eigenvalue weighted by Gasteiger charge is 2.25. The smallest absolute Gasteiger partial charge is 0.240 e. The van der Waals surface area contributed by atoms with Gasteiger partial charge >= 0.3 is 0 Å². The maximum atomic E-state index is 5.15. The first-order chi connectivity index (χ1) is 46.5. The maximum Gasteiger partial charge on any atom is 0.240 e. The summed E-state index contributed by atoms with van der Waals surface area (Å²) < 4.78 is 6.95. The van der Waals surface area contributed by atoms with Crippen LogP contribution < -0.4 is 29.7 Å². The molecule has 3 N–H and O–H groups in total. The van der Waals surface area contributed by atoms with E-state index in [0.29, 0.717) is 0 Å². The predicted molar refractivity (Wildman–Crippen MR) is 407 cm³/mol. The van der Waals surface area contributed by atoms with Crippen LogP contribution in [0.3, 0.4) is 0 Å². The van der Waals surface area contributed by atoms with Crippen molar-refractivity contribution in [3.63, 3.8) is 0 Å². The van der Waals surface area contributed by atoms with Crippen LogP contribution in [0, 0.1) is 41.5 Å². The van der Waals surface area contributed by atoms with Crippen LogP contribution in [0.15, 0.2) is 285 Å². The average Bonchev–Trinajstić information content (AvgIpc) is 0.749. The van der Waals surface area contributed by atoms with Crippen molar-refractivity contribution in [3.8, 4) is 17.1 Å². The van der Waals surface area contributed by atoms with Gasteiger partial charge in [0.15, 0.2) is 0 Å². The Morgan fingerprint density at radius 2 is 0.531 bits per heavy atom. The van der Waals surface area contributed by atoms with E-state index in [0.717, 1.165) is 128 Å². The number of nitrogens with zero attached hydrogens (tertiary/aromatic N) is 6. The van der Waals surface area contributed by atoms with Crippen LogP contribution in [-0.2, 0) is 0 Å². The molecule has 0 fully saturated rings. The van der Waals surface area contributed by atoms with E-state index >= 15 is 0 Å². The van der Waals surface area contributed by atoms with Gasteiger partial charge in [-0.25, -0.2) is 15.0 Å². The molecule has 9 nitrogen and oxygen atoms in total. The van der Waals surface area contributed by atoms with Gasteiger partial charge in [-0.15, -0.1) is 13.7 Å². The minimum atomic E-state index is 0. The van der Waals surface area contributed by atoms with Gasteiger partial charge in [0.05, 0.1) is 5.69 Å². The van der Waals surface area contributed by atoms with Gasteiger partial charge in [-0.3, -0.25) is 0 Å². The highest BCUT2D eigenvalue weighted by molar-refractivity contribution is 6.11. The molecule has 0 atom stereocenters. The van der Waals surface area contributed by atoms with Crippen LogP contribution in [0.25, 0.3) is 94.0 Å². The third-order valence-electron chi connectivity index (χ3n) is 16.6. The quantitative estimate of drug-likeness (QED) is 0.0758. The van der Waals surface area contributed by atoms with Gasteiger partial charge in [-0.1, -0.05) is 185 Å². The molecule has 0 spiro atoms. The normalized spacial score (nSPS) is 10.7. The molecule has 0 aliphatic heterocycles. The molecule has 0 unspecified atom stereocenters. The number of benzene rings is 13. The maximum absolute atomic E-state index is 5.15. The Morgan fingerprint density at radius 3 is 0.906 bits per heavy atom. The molecule has 0 bridgehead atoms. The van der Waals surface area contributed by atoms with E-state index in [9.17, 15) is 0 Å². The standard InChI is InChI=1S/C30H23N3.2C26H21N3.2C2H6.CH4/c1-20-12-15-23(16-13-20)33-28-18-21(2)14-17-26(28)32-30-25-11-7-6-10-24(25)27(19-29(30)33)31-22-8-4-3-5-9-22;2*1-18-8-12-22(13-9-18)29-25-16-19(2)10-14-23(25)28-24-15-11-21(17-26(24)29)27-20-6-4-3-5-7-20;2*1-2;/h3-19H,1-2H3;2*3-17H,1-2H3;2*1-2H3;1H4/p+3. The number of anilines is 6. The molecule has 16 rings (SSSR count). The zero-order valence-corrected chi connectivity index (χ0v) is 55.8. The van der Waals surface area contributed by atoms with Crippen LogP contribution in [0.5, 0.6) is 0 Å². The van der Waals surface area contributed by atoms with Crippen molar-refractivity contribution in [3.05, 3.63) is 318 Å². The van der Waals surface area contributed by atoms with E-state index in [1.165, 1.54) is 33.4 Å². The first-order valence-electron chi connectivity index (χ1n) is 32.9. The molecule has 3 heterocycles. The number of para-hydroxylation sites is 3. The van der Waals surface area contributed by atoms with Crippen LogP contribution in [0.4, 0.5) is 34.1 Å². The van der Waals surface area contributed by atoms with E-state index < -0.39 is 0 Å². The molecule has 0 saturated carbocycles. The molecule has 474 valence electrons. The highest BCUT2D eigenvalue weighted by Crippen LogP contribution is 2.34. The van der Waals surface area contributed by atoms with E-state index in [1.807, 2.05) is 70.2 Å². The molecule has 16 aromatic rings. The van der Waals surface area contributed by atoms with Gasteiger partial charge in [-0.05, 0) is 137 Å². The Kier molecular flexibility index (Phi) is 20.5. The van der Waals surface area contributed by atoms with E-state index in [2.05, 4.69) is 314 Å². The van der Waals surface area contributed by atoms with Gasteiger partial charge in [-0.2, -0.15) is 0 Å². The largest absolute Gasteiger partial charge is 0.355 e. The van der Waals surface area contributed by atoms with E-state index in [-0.39, 0.29) is 7.43 Å². The SMILES string of the molecule is C.CC.CC.Cc1ccc(-[n+]2c3cc(C)ccc3nc3c4ccccc4c(Nc4ccccc4)cc32)cc1.Cc1ccc(-[n+]2c3cc(C)ccc3nc3ccc(Nc4ccccc4)cc32)cc1.Cc1ccc(-[n+]2c3cc(C)ccc3nc3ccc(Nc4ccccc4)cc32)cc1. The van der Waals surface area contributed by atoms with Gasteiger partial charge in [0.25, 0.3) is 0 Å². The lowest BCUT2D eigenvalue weighted by Gasteiger charge is -2.13. The molecule has 3 aromatic heterocycles. The Hall–Kier alpha value is -11.7. The first kappa shape index (κ1) is 65.8. The van der Waals surface area contributed by atoms with Crippen LogP contribution in [0.1, 0.15) is 68.5 Å². The fourth-order valence-electron chi connectivity index (χ4n) is 11.9. The fourth-order valence-corrected chi connectivity index (χ4v) is 11.9. The molecule has 0 amide bonds. The minimum absolute atomic E-state index is 0. The molecule has 9 heteroatoms. The zero-order valence-electron chi connectivity index (χ0n) is 55.8. The number of aryl methyl sites for hydroxylation is 6. The van der Waals surface area contributed by atoms with Crippen molar-refractivity contribution < 1.29 is 13.7 Å². The van der Waals surface area contributed by atoms with Gasteiger partial charge in [0.2, 0.25) is 50.2 Å². The summed E-state index contributed by atoms with van der Waals surface area (Å²) in [4.78, 5) is 15.0. The number of hydrogen-bond donors (Lipinski definition) is 3. The molecule has 0 radical (unpaired) electrons. The molecule has 0 saturated heterocycles. The summed E-state index contributed by atoms with van der Waals surface area (Å²) in [6.45, 7) is 20.7. The fraction of sp³-hybridized carbons (Fsp3) is 0.126. The van der Waals surface area contributed by atoms with Crippen molar-refractivity contribution in [2.24, 2.45) is 0 Å². The summed E-state index contributed by atoms with van der Waals surface area (Å²) in [5, 5.41) is 12.9. The van der Waals surface area contributed by atoms with E-state index in [1.54, 1.807) is 0 Å². The summed E-state index contributed by atoms with van der Waals surface area (Å²) in [7, 11) is 0. The van der Waals surface area contributed by atoms with Crippen LogP contribution in [-0.4, -0.2) is 15.0 Å². The first-order valence-corrected chi connectivity index (χ1v) is 32.9. The van der Waals surface area contributed by atoms with Gasteiger partial charge < -0.3 is 16.0 Å². The zero-order chi connectivity index (χ0) is 66.0. The average molecular weight is 1260 g/mol. The predicted octanol–water partition coefficient (Wildman–Crippen LogP) is 21.9. The van der Waals surface area contributed by atoms with Crippen molar-refractivity contribution in [2.75, 3.05) is 16.0 Å². The lowest BCUT2D eigenvalue weighted by molar-refractivity contribution is -0.538. The van der Waals surface area contributed by atoms with Crippen molar-refractivity contribution in [1.29, 1.82) is 0 Å². The Balaban J connectivity index is 0.000000142. The molecular weight excluding hydrogens is 1170 g/mol. The number of fused-ring (bicyclic) bond motifs is 8. The summed E-state index contributed by atoms with van der Waals surface area (Å²) in [6.07, 6.45) is 0. The number of rotatable bonds is 9. The monoisotopic (exact) mass is 1250 g/mol. The number of hydrogen-bond acceptors (Lipinski definition) is 6. The molecular formula is C87H84N9+3. The van der Waals surface area contributed by atoms with Crippen LogP contribution in [0.2, 0.25) is 0 Å². The molecule has 13 aromatic carbocycles. The summed E-state index contributed by atoms with van der Waals surface area (Å²) >= 11 is 0. The molecule has 0 aliphatic rings. The third-order valence-corrected chi connectivity index (χ3v) is 16.6. The van der Waals surface area contributed by atoms with Gasteiger partial charge in [0, 0.05) is 112 Å². The van der Waals surface area contributed by atoms with Crippen molar-refractivity contribution >= 4 is 111 Å². The molecule has 96 heavy (non-hydrogen) atoms. The number of nitrogens with one attached hydrogen (secondary N) is 3. The second-order valence-corrected chi connectivity index (χ2v) is 23.5.